The number of sulfonamides is 1. The van der Waals surface area contributed by atoms with Crippen molar-refractivity contribution in [1.82, 2.24) is 10.0 Å². The molecule has 0 heterocycles. The van der Waals surface area contributed by atoms with Gasteiger partial charge in [0.15, 0.2) is 0 Å². The molecular formula is C17H26N2O3S. The smallest absolute Gasteiger partial charge is 0.241 e. The first-order chi connectivity index (χ1) is 10.6. The standard InChI is InChI=1S/C17H26N2O3S/c1-12(18-16(20)17(2,3)19-23(4,21)22)14-10-9-13-7-5-6-8-15(13)11-14/h9-12,19H,5-8H2,1-4H3,(H,18,20)/t12-/m1/s1. The first-order valence-electron chi connectivity index (χ1n) is 8.00. The van der Waals surface area contributed by atoms with E-state index in [2.05, 4.69) is 22.2 Å². The fourth-order valence-corrected chi connectivity index (χ4v) is 4.01. The van der Waals surface area contributed by atoms with Crippen molar-refractivity contribution in [2.75, 3.05) is 6.26 Å². The monoisotopic (exact) mass is 338 g/mol. The highest BCUT2D eigenvalue weighted by Crippen LogP contribution is 2.25. The summed E-state index contributed by atoms with van der Waals surface area (Å²) in [6, 6.07) is 6.19. The molecule has 0 aromatic heterocycles. The molecule has 0 saturated carbocycles. The number of hydrogen-bond donors (Lipinski definition) is 2. The van der Waals surface area contributed by atoms with E-state index in [4.69, 9.17) is 0 Å². The van der Waals surface area contributed by atoms with Gasteiger partial charge in [0.1, 0.15) is 5.54 Å². The van der Waals surface area contributed by atoms with Gasteiger partial charge in [-0.15, -0.1) is 0 Å². The third-order valence-electron chi connectivity index (χ3n) is 4.23. The number of amides is 1. The largest absolute Gasteiger partial charge is 0.348 e. The lowest BCUT2D eigenvalue weighted by molar-refractivity contribution is -0.126. The summed E-state index contributed by atoms with van der Waals surface area (Å²) < 4.78 is 25.1. The second-order valence-electron chi connectivity index (χ2n) is 6.93. The van der Waals surface area contributed by atoms with Gasteiger partial charge in [0.25, 0.3) is 0 Å². The Kier molecular flexibility index (Phi) is 5.16. The number of rotatable bonds is 5. The molecule has 23 heavy (non-hydrogen) atoms. The number of hydrogen-bond acceptors (Lipinski definition) is 3. The maximum Gasteiger partial charge on any atom is 0.241 e. The van der Waals surface area contributed by atoms with Gasteiger partial charge >= 0.3 is 0 Å². The molecule has 0 bridgehead atoms. The highest BCUT2D eigenvalue weighted by Gasteiger charge is 2.31. The van der Waals surface area contributed by atoms with Gasteiger partial charge in [0, 0.05) is 0 Å². The number of carbonyl (C=O) groups excluding carboxylic acids is 1. The molecule has 2 rings (SSSR count). The van der Waals surface area contributed by atoms with E-state index < -0.39 is 15.6 Å². The van der Waals surface area contributed by atoms with Crippen molar-refractivity contribution in [2.24, 2.45) is 0 Å². The van der Waals surface area contributed by atoms with Gasteiger partial charge in [-0.05, 0) is 63.1 Å². The summed E-state index contributed by atoms with van der Waals surface area (Å²) in [5, 5.41) is 2.90. The second kappa shape index (κ2) is 6.61. The molecule has 0 unspecified atom stereocenters. The van der Waals surface area contributed by atoms with E-state index in [0.29, 0.717) is 0 Å². The van der Waals surface area contributed by atoms with Crippen LogP contribution in [0.5, 0.6) is 0 Å². The molecule has 0 aliphatic heterocycles. The zero-order chi connectivity index (χ0) is 17.3. The van der Waals surface area contributed by atoms with Crippen molar-refractivity contribution in [1.29, 1.82) is 0 Å². The lowest BCUT2D eigenvalue weighted by Gasteiger charge is -2.27. The SMILES string of the molecule is C[C@@H](NC(=O)C(C)(C)NS(C)(=O)=O)c1ccc2c(c1)CCCC2. The maximum atomic E-state index is 12.4. The number of aryl methyl sites for hydroxylation is 2. The fraction of sp³-hybridized carbons (Fsp3) is 0.588. The van der Waals surface area contributed by atoms with Crippen molar-refractivity contribution < 1.29 is 13.2 Å². The summed E-state index contributed by atoms with van der Waals surface area (Å²) in [5.74, 6) is -0.340. The van der Waals surface area contributed by atoms with E-state index in [1.807, 2.05) is 13.0 Å². The quantitative estimate of drug-likeness (QED) is 0.863. The minimum absolute atomic E-state index is 0.171. The molecule has 1 aliphatic carbocycles. The van der Waals surface area contributed by atoms with Crippen molar-refractivity contribution >= 4 is 15.9 Å². The molecule has 128 valence electrons. The number of nitrogens with one attached hydrogen (secondary N) is 2. The minimum atomic E-state index is -3.45. The van der Waals surface area contributed by atoms with Crippen LogP contribution in [0.1, 0.15) is 56.3 Å². The molecule has 2 N–H and O–H groups in total. The molecule has 0 fully saturated rings. The van der Waals surface area contributed by atoms with E-state index in [9.17, 15) is 13.2 Å². The lowest BCUT2D eigenvalue weighted by Crippen LogP contribution is -2.54. The van der Waals surface area contributed by atoms with Crippen molar-refractivity contribution in [3.8, 4) is 0 Å². The summed E-state index contributed by atoms with van der Waals surface area (Å²) in [7, 11) is -3.45. The normalized spacial score (nSPS) is 16.5. The summed E-state index contributed by atoms with van der Waals surface area (Å²) >= 11 is 0. The van der Waals surface area contributed by atoms with E-state index in [-0.39, 0.29) is 11.9 Å². The zero-order valence-electron chi connectivity index (χ0n) is 14.3. The second-order valence-corrected chi connectivity index (χ2v) is 8.68. The topological polar surface area (TPSA) is 75.3 Å². The number of fused-ring (bicyclic) bond motifs is 1. The molecule has 1 aliphatic rings. The first kappa shape index (κ1) is 17.9. The van der Waals surface area contributed by atoms with Gasteiger partial charge in [-0.2, -0.15) is 0 Å². The van der Waals surface area contributed by atoms with Crippen LogP contribution in [0.15, 0.2) is 18.2 Å². The highest BCUT2D eigenvalue weighted by molar-refractivity contribution is 7.88. The van der Waals surface area contributed by atoms with E-state index in [0.717, 1.165) is 24.7 Å². The van der Waals surface area contributed by atoms with E-state index in [1.165, 1.54) is 24.0 Å². The molecule has 0 spiro atoms. The van der Waals surface area contributed by atoms with Crippen molar-refractivity contribution in [3.05, 3.63) is 34.9 Å². The lowest BCUT2D eigenvalue weighted by atomic mass is 9.89. The summed E-state index contributed by atoms with van der Waals surface area (Å²) in [6.45, 7) is 5.03. The van der Waals surface area contributed by atoms with Crippen LogP contribution in [0.3, 0.4) is 0 Å². The Balaban J connectivity index is 2.09. The van der Waals surface area contributed by atoms with Gasteiger partial charge in [0.05, 0.1) is 12.3 Å². The van der Waals surface area contributed by atoms with Crippen molar-refractivity contribution in [2.45, 2.75) is 58.0 Å². The summed E-state index contributed by atoms with van der Waals surface area (Å²) in [4.78, 5) is 12.4. The zero-order valence-corrected chi connectivity index (χ0v) is 15.1. The van der Waals surface area contributed by atoms with Crippen LogP contribution in [0.4, 0.5) is 0 Å². The fourth-order valence-electron chi connectivity index (χ4n) is 2.99. The Labute approximate surface area is 138 Å². The average Bonchev–Trinajstić information content (AvgIpc) is 2.44. The van der Waals surface area contributed by atoms with Gasteiger partial charge < -0.3 is 5.32 Å². The van der Waals surface area contributed by atoms with Crippen LogP contribution in [-0.4, -0.2) is 26.1 Å². The Bertz CT molecular complexity index is 696. The molecule has 1 aromatic rings. The van der Waals surface area contributed by atoms with E-state index >= 15 is 0 Å². The first-order valence-corrected chi connectivity index (χ1v) is 9.89. The van der Waals surface area contributed by atoms with Gasteiger partial charge in [-0.3, -0.25) is 4.79 Å². The molecule has 0 saturated heterocycles. The molecule has 5 nitrogen and oxygen atoms in total. The van der Waals surface area contributed by atoms with Crippen LogP contribution in [-0.2, 0) is 27.7 Å². The highest BCUT2D eigenvalue weighted by atomic mass is 32.2. The van der Waals surface area contributed by atoms with E-state index in [1.54, 1.807) is 13.8 Å². The maximum absolute atomic E-state index is 12.4. The van der Waals surface area contributed by atoms with Gasteiger partial charge in [-0.1, -0.05) is 18.2 Å². The molecule has 6 heteroatoms. The third-order valence-corrected chi connectivity index (χ3v) is 5.11. The Hall–Kier alpha value is -1.40. The molecular weight excluding hydrogens is 312 g/mol. The minimum Gasteiger partial charge on any atom is -0.348 e. The number of carbonyl (C=O) groups is 1. The predicted molar refractivity (Wildman–Crippen MR) is 91.7 cm³/mol. The Morgan fingerprint density at radius 1 is 1.17 bits per heavy atom. The molecule has 1 atom stereocenters. The summed E-state index contributed by atoms with van der Waals surface area (Å²) in [5.41, 5.74) is 2.63. The van der Waals surface area contributed by atoms with Crippen LogP contribution in [0.2, 0.25) is 0 Å². The van der Waals surface area contributed by atoms with Crippen LogP contribution in [0.25, 0.3) is 0 Å². The van der Waals surface area contributed by atoms with Gasteiger partial charge in [-0.25, -0.2) is 13.1 Å². The van der Waals surface area contributed by atoms with Crippen LogP contribution >= 0.6 is 0 Å². The molecule has 1 aromatic carbocycles. The third kappa shape index (κ3) is 4.78. The van der Waals surface area contributed by atoms with Crippen molar-refractivity contribution in [3.63, 3.8) is 0 Å². The summed E-state index contributed by atoms with van der Waals surface area (Å²) in [6.07, 6.45) is 5.72. The molecule has 0 radical (unpaired) electrons. The predicted octanol–water partition coefficient (Wildman–Crippen LogP) is 2.07. The molecule has 1 amide bonds. The van der Waals surface area contributed by atoms with Crippen LogP contribution < -0.4 is 10.0 Å². The number of benzene rings is 1. The Morgan fingerprint density at radius 2 is 1.78 bits per heavy atom. The Morgan fingerprint density at radius 3 is 2.39 bits per heavy atom. The van der Waals surface area contributed by atoms with Crippen LogP contribution in [0, 0.1) is 0 Å². The van der Waals surface area contributed by atoms with Gasteiger partial charge in [0.2, 0.25) is 15.9 Å². The average molecular weight is 338 g/mol.